The van der Waals surface area contributed by atoms with Gasteiger partial charge in [0, 0.05) is 6.20 Å². The number of nitrogens with zero attached hydrogens (tertiary/aromatic N) is 3. The number of fused-ring (bicyclic) bond motifs is 1. The molecule has 3 heterocycles. The molecule has 1 aromatic carbocycles. The van der Waals surface area contributed by atoms with Crippen LogP contribution >= 0.6 is 0 Å². The second kappa shape index (κ2) is 7.63. The van der Waals surface area contributed by atoms with Crippen molar-refractivity contribution in [3.63, 3.8) is 0 Å². The fourth-order valence-electron chi connectivity index (χ4n) is 4.48. The first-order valence-electron chi connectivity index (χ1n) is 10.6. The van der Waals surface area contributed by atoms with Crippen LogP contribution in [0.4, 0.5) is 5.82 Å². The molecule has 4 rings (SSSR count). The molecule has 0 saturated carbocycles. The minimum absolute atomic E-state index is 0.117. The number of hydrogen-bond acceptors (Lipinski definition) is 4. The maximum absolute atomic E-state index is 13.4. The average Bonchev–Trinajstić information content (AvgIpc) is 3.43. The minimum atomic E-state index is -0.495. The van der Waals surface area contributed by atoms with Gasteiger partial charge in [-0.15, -0.1) is 0 Å². The lowest BCUT2D eigenvalue weighted by atomic mass is 9.88. The quantitative estimate of drug-likeness (QED) is 0.568. The van der Waals surface area contributed by atoms with E-state index in [9.17, 15) is 4.79 Å². The number of aromatic amines is 1. The van der Waals surface area contributed by atoms with Crippen LogP contribution in [0, 0.1) is 0 Å². The van der Waals surface area contributed by atoms with Crippen molar-refractivity contribution in [3.8, 4) is 0 Å². The van der Waals surface area contributed by atoms with E-state index in [0.717, 1.165) is 30.8 Å². The number of H-pyrrole nitrogens is 1. The van der Waals surface area contributed by atoms with Gasteiger partial charge in [0.1, 0.15) is 11.4 Å². The summed E-state index contributed by atoms with van der Waals surface area (Å²) in [7, 11) is 0. The number of rotatable bonds is 6. The van der Waals surface area contributed by atoms with Crippen molar-refractivity contribution >= 4 is 11.7 Å². The molecule has 0 saturated heterocycles. The Balaban J connectivity index is 1.67. The van der Waals surface area contributed by atoms with Gasteiger partial charge < -0.3 is 10.6 Å². The van der Waals surface area contributed by atoms with Crippen LogP contribution < -0.4 is 10.6 Å². The smallest absolute Gasteiger partial charge is 0.257 e. The number of aromatic nitrogens is 4. The molecule has 1 aliphatic rings. The Bertz CT molecular complexity index is 1000. The summed E-state index contributed by atoms with van der Waals surface area (Å²) in [5.41, 5.74) is 1.98. The summed E-state index contributed by atoms with van der Waals surface area (Å²) in [5.74, 6) is 0.634. The van der Waals surface area contributed by atoms with Crippen LogP contribution in [0.1, 0.15) is 74.6 Å². The molecule has 7 heteroatoms. The Morgan fingerprint density at radius 1 is 1.23 bits per heavy atom. The molecule has 1 atom stereocenters. The Hall–Kier alpha value is -3.09. The number of carbonyl (C=O) groups is 1. The summed E-state index contributed by atoms with van der Waals surface area (Å²) in [4.78, 5) is 13.4. The van der Waals surface area contributed by atoms with Crippen LogP contribution in [0.2, 0.25) is 0 Å². The molecule has 3 N–H and O–H groups in total. The van der Waals surface area contributed by atoms with Gasteiger partial charge in [0.2, 0.25) is 0 Å². The van der Waals surface area contributed by atoms with Crippen molar-refractivity contribution in [2.45, 2.75) is 64.1 Å². The third-order valence-electron chi connectivity index (χ3n) is 6.38. The highest BCUT2D eigenvalue weighted by Gasteiger charge is 2.38. The summed E-state index contributed by atoms with van der Waals surface area (Å²) in [6, 6.07) is 12.4. The van der Waals surface area contributed by atoms with E-state index in [2.05, 4.69) is 65.8 Å². The van der Waals surface area contributed by atoms with Gasteiger partial charge in [0.15, 0.2) is 0 Å². The Morgan fingerprint density at radius 3 is 2.60 bits per heavy atom. The lowest BCUT2D eigenvalue weighted by Gasteiger charge is -2.38. The third-order valence-corrected chi connectivity index (χ3v) is 6.38. The number of benzene rings is 1. The van der Waals surface area contributed by atoms with E-state index < -0.39 is 5.54 Å². The lowest BCUT2D eigenvalue weighted by molar-refractivity contribution is 0.0887. The molecule has 3 aromatic rings. The topological polar surface area (TPSA) is 87.6 Å². The molecule has 1 amide bonds. The molecule has 0 bridgehead atoms. The molecule has 30 heavy (non-hydrogen) atoms. The van der Waals surface area contributed by atoms with Crippen LogP contribution in [-0.4, -0.2) is 25.9 Å². The van der Waals surface area contributed by atoms with Gasteiger partial charge in [-0.1, -0.05) is 44.2 Å². The Morgan fingerprint density at radius 2 is 1.97 bits per heavy atom. The van der Waals surface area contributed by atoms with E-state index in [1.165, 1.54) is 5.56 Å². The standard InChI is InChI=1S/C23H30N6O/c1-5-23(6-2,19-12-13-24-28-19)27-21(30)17-15-25-29-20(17)26-18(14-22(29,3)4)16-10-8-7-9-11-16/h7-13,15,18,26H,5-6,14H2,1-4H3,(H,24,28)(H,27,30). The predicted molar refractivity (Wildman–Crippen MR) is 117 cm³/mol. The summed E-state index contributed by atoms with van der Waals surface area (Å²) in [5, 5.41) is 18.5. The van der Waals surface area contributed by atoms with Gasteiger partial charge in [0.05, 0.1) is 29.0 Å². The second-order valence-corrected chi connectivity index (χ2v) is 8.66. The molecule has 0 radical (unpaired) electrons. The first kappa shape index (κ1) is 20.2. The van der Waals surface area contributed by atoms with Crippen molar-refractivity contribution in [3.05, 3.63) is 65.6 Å². The van der Waals surface area contributed by atoms with Crippen LogP contribution in [0.5, 0.6) is 0 Å². The van der Waals surface area contributed by atoms with E-state index in [4.69, 9.17) is 0 Å². The largest absolute Gasteiger partial charge is 0.363 e. The van der Waals surface area contributed by atoms with E-state index in [0.29, 0.717) is 5.56 Å². The average molecular weight is 407 g/mol. The molecule has 2 aromatic heterocycles. The molecule has 0 spiro atoms. The highest BCUT2D eigenvalue weighted by molar-refractivity contribution is 5.99. The van der Waals surface area contributed by atoms with Gasteiger partial charge in [0.25, 0.3) is 5.91 Å². The van der Waals surface area contributed by atoms with Gasteiger partial charge >= 0.3 is 0 Å². The summed E-state index contributed by atoms with van der Waals surface area (Å²) >= 11 is 0. The van der Waals surface area contributed by atoms with Crippen LogP contribution in [-0.2, 0) is 11.1 Å². The molecule has 1 aliphatic heterocycles. The van der Waals surface area contributed by atoms with Crippen LogP contribution in [0.15, 0.2) is 48.8 Å². The maximum Gasteiger partial charge on any atom is 0.257 e. The molecule has 1 unspecified atom stereocenters. The molecule has 7 nitrogen and oxygen atoms in total. The third kappa shape index (κ3) is 3.38. The summed E-state index contributed by atoms with van der Waals surface area (Å²) < 4.78 is 1.94. The number of carbonyl (C=O) groups excluding carboxylic acids is 1. The van der Waals surface area contributed by atoms with E-state index >= 15 is 0 Å². The number of amides is 1. The fourth-order valence-corrected chi connectivity index (χ4v) is 4.48. The number of anilines is 1. The van der Waals surface area contributed by atoms with Crippen molar-refractivity contribution in [1.29, 1.82) is 0 Å². The first-order chi connectivity index (χ1) is 14.4. The minimum Gasteiger partial charge on any atom is -0.363 e. The van der Waals surface area contributed by atoms with Gasteiger partial charge in [-0.3, -0.25) is 9.89 Å². The normalized spacial score (nSPS) is 17.8. The van der Waals surface area contributed by atoms with Crippen molar-refractivity contribution in [1.82, 2.24) is 25.3 Å². The fraction of sp³-hybridized carbons (Fsp3) is 0.435. The Kier molecular flexibility index (Phi) is 5.13. The monoisotopic (exact) mass is 406 g/mol. The number of hydrogen-bond donors (Lipinski definition) is 3. The van der Waals surface area contributed by atoms with Crippen LogP contribution in [0.25, 0.3) is 0 Å². The van der Waals surface area contributed by atoms with E-state index in [-0.39, 0.29) is 17.5 Å². The van der Waals surface area contributed by atoms with Gasteiger partial charge in [-0.25, -0.2) is 4.68 Å². The first-order valence-corrected chi connectivity index (χ1v) is 10.6. The van der Waals surface area contributed by atoms with Gasteiger partial charge in [-0.05, 0) is 44.7 Å². The molecular weight excluding hydrogens is 376 g/mol. The number of nitrogens with one attached hydrogen (secondary N) is 3. The molecule has 158 valence electrons. The second-order valence-electron chi connectivity index (χ2n) is 8.66. The summed E-state index contributed by atoms with van der Waals surface area (Å²) in [6.07, 6.45) is 5.79. The predicted octanol–water partition coefficient (Wildman–Crippen LogP) is 4.34. The molecule has 0 aliphatic carbocycles. The van der Waals surface area contributed by atoms with Crippen LogP contribution in [0.3, 0.4) is 0 Å². The highest BCUT2D eigenvalue weighted by atomic mass is 16.2. The summed E-state index contributed by atoms with van der Waals surface area (Å²) in [6.45, 7) is 8.47. The zero-order chi connectivity index (χ0) is 21.4. The Labute approximate surface area is 177 Å². The SMILES string of the molecule is CCC(CC)(NC(=O)c1cnn2c1NC(c1ccccc1)CC2(C)C)c1ccn[nH]1. The van der Waals surface area contributed by atoms with E-state index in [1.807, 2.05) is 28.9 Å². The lowest BCUT2D eigenvalue weighted by Crippen LogP contribution is -2.46. The van der Waals surface area contributed by atoms with Crippen molar-refractivity contribution in [2.24, 2.45) is 0 Å². The van der Waals surface area contributed by atoms with Crippen molar-refractivity contribution < 1.29 is 4.79 Å². The molecular formula is C23H30N6O. The zero-order valence-electron chi connectivity index (χ0n) is 18.1. The molecule has 0 fully saturated rings. The van der Waals surface area contributed by atoms with Gasteiger partial charge in [-0.2, -0.15) is 10.2 Å². The highest BCUT2D eigenvalue weighted by Crippen LogP contribution is 2.40. The van der Waals surface area contributed by atoms with E-state index in [1.54, 1.807) is 12.4 Å². The van der Waals surface area contributed by atoms with Crippen molar-refractivity contribution in [2.75, 3.05) is 5.32 Å². The zero-order valence-corrected chi connectivity index (χ0v) is 18.1. The maximum atomic E-state index is 13.4.